The highest BCUT2D eigenvalue weighted by Gasteiger charge is 2.38. The van der Waals surface area contributed by atoms with Crippen LogP contribution in [0.1, 0.15) is 0 Å². The molecule has 0 spiro atoms. The molecule has 30 heavy (non-hydrogen) atoms. The lowest BCUT2D eigenvalue weighted by Crippen LogP contribution is -2.56. The normalized spacial score (nSPS) is 19.3. The second kappa shape index (κ2) is 7.96. The predicted octanol–water partition coefficient (Wildman–Crippen LogP) is 2.35. The molecule has 10 heteroatoms. The number of sulfonamides is 1. The Morgan fingerprint density at radius 3 is 2.47 bits per heavy atom. The summed E-state index contributed by atoms with van der Waals surface area (Å²) in [6, 6.07) is 11.2. The summed E-state index contributed by atoms with van der Waals surface area (Å²) in [6.45, 7) is 1.60. The van der Waals surface area contributed by atoms with Crippen LogP contribution in [0.25, 0.3) is 0 Å². The van der Waals surface area contributed by atoms with Gasteiger partial charge in [-0.25, -0.2) is 12.8 Å². The molecule has 2 heterocycles. The molecule has 0 aliphatic carbocycles. The fourth-order valence-electron chi connectivity index (χ4n) is 3.75. The van der Waals surface area contributed by atoms with Crippen LogP contribution in [0.5, 0.6) is 5.75 Å². The van der Waals surface area contributed by atoms with Gasteiger partial charge < -0.3 is 14.5 Å². The molecule has 0 aromatic heterocycles. The molecule has 0 saturated carbocycles. The van der Waals surface area contributed by atoms with Gasteiger partial charge in [-0.3, -0.25) is 9.10 Å². The molecular formula is C20H21ClFN3O4S. The van der Waals surface area contributed by atoms with E-state index < -0.39 is 16.1 Å². The van der Waals surface area contributed by atoms with E-state index in [1.54, 1.807) is 35.2 Å². The average Bonchev–Trinajstić information content (AvgIpc) is 2.72. The monoisotopic (exact) mass is 453 g/mol. The number of fused-ring (bicyclic) bond motifs is 1. The second-order valence-corrected chi connectivity index (χ2v) is 9.62. The molecule has 0 radical (unpaired) electrons. The molecule has 160 valence electrons. The van der Waals surface area contributed by atoms with Gasteiger partial charge in [-0.15, -0.1) is 0 Å². The quantitative estimate of drug-likeness (QED) is 0.713. The number of carbonyl (C=O) groups is 1. The maximum Gasteiger partial charge on any atom is 0.265 e. The summed E-state index contributed by atoms with van der Waals surface area (Å²) in [5.41, 5.74) is 0.825. The van der Waals surface area contributed by atoms with Gasteiger partial charge in [0.05, 0.1) is 24.2 Å². The number of rotatable bonds is 3. The minimum absolute atomic E-state index is 0.126. The molecule has 4 rings (SSSR count). The molecular weight excluding hydrogens is 433 g/mol. The maximum atomic E-state index is 14.0. The number of nitrogens with zero attached hydrogens (tertiary/aromatic N) is 3. The number of halogens is 2. The molecule has 0 bridgehead atoms. The van der Waals surface area contributed by atoms with Gasteiger partial charge in [-0.1, -0.05) is 23.7 Å². The van der Waals surface area contributed by atoms with Crippen molar-refractivity contribution in [2.24, 2.45) is 0 Å². The van der Waals surface area contributed by atoms with E-state index in [1.807, 2.05) is 4.90 Å². The summed E-state index contributed by atoms with van der Waals surface area (Å²) in [7, 11) is -3.63. The van der Waals surface area contributed by atoms with Crippen molar-refractivity contribution in [3.63, 3.8) is 0 Å². The van der Waals surface area contributed by atoms with E-state index in [4.69, 9.17) is 16.3 Å². The maximum absolute atomic E-state index is 14.0. The van der Waals surface area contributed by atoms with Crippen molar-refractivity contribution in [1.29, 1.82) is 0 Å². The van der Waals surface area contributed by atoms with Gasteiger partial charge in [0.25, 0.3) is 5.91 Å². The summed E-state index contributed by atoms with van der Waals surface area (Å²) in [6.07, 6.45) is 0.117. The zero-order valence-electron chi connectivity index (χ0n) is 16.3. The third-order valence-corrected chi connectivity index (χ3v) is 6.63. The topological polar surface area (TPSA) is 70.2 Å². The van der Waals surface area contributed by atoms with Crippen molar-refractivity contribution in [2.75, 3.05) is 48.2 Å². The van der Waals surface area contributed by atoms with E-state index in [2.05, 4.69) is 0 Å². The van der Waals surface area contributed by atoms with Crippen LogP contribution in [-0.4, -0.2) is 64.3 Å². The van der Waals surface area contributed by atoms with Crippen LogP contribution >= 0.6 is 11.6 Å². The van der Waals surface area contributed by atoms with Gasteiger partial charge in [0.1, 0.15) is 11.6 Å². The Labute approximate surface area is 179 Å². The van der Waals surface area contributed by atoms with Crippen molar-refractivity contribution in [2.45, 2.75) is 6.10 Å². The molecule has 2 aliphatic rings. The van der Waals surface area contributed by atoms with E-state index in [-0.39, 0.29) is 18.3 Å². The summed E-state index contributed by atoms with van der Waals surface area (Å²) >= 11 is 6.00. The zero-order chi connectivity index (χ0) is 21.5. The molecule has 2 aliphatic heterocycles. The van der Waals surface area contributed by atoms with Crippen molar-refractivity contribution in [3.05, 3.63) is 53.3 Å². The Morgan fingerprint density at radius 1 is 1.10 bits per heavy atom. The lowest BCUT2D eigenvalue weighted by Gasteiger charge is -2.40. The van der Waals surface area contributed by atoms with E-state index in [1.165, 1.54) is 12.1 Å². The fraction of sp³-hybridized carbons (Fsp3) is 0.350. The third kappa shape index (κ3) is 4.04. The summed E-state index contributed by atoms with van der Waals surface area (Å²) in [5.74, 6) is -0.302. The number of ether oxygens (including phenoxy) is 1. The van der Waals surface area contributed by atoms with Gasteiger partial charge in [0.15, 0.2) is 6.10 Å². The first-order chi connectivity index (χ1) is 14.2. The largest absolute Gasteiger partial charge is 0.476 e. The first-order valence-corrected chi connectivity index (χ1v) is 11.7. The molecule has 1 saturated heterocycles. The van der Waals surface area contributed by atoms with Crippen LogP contribution < -0.4 is 13.9 Å². The van der Waals surface area contributed by atoms with Gasteiger partial charge >= 0.3 is 0 Å². The predicted molar refractivity (Wildman–Crippen MR) is 113 cm³/mol. The van der Waals surface area contributed by atoms with Crippen LogP contribution in [0.4, 0.5) is 15.8 Å². The Balaban J connectivity index is 1.49. The van der Waals surface area contributed by atoms with Crippen LogP contribution in [0, 0.1) is 5.82 Å². The van der Waals surface area contributed by atoms with E-state index in [9.17, 15) is 17.6 Å². The number of hydrogen-bond acceptors (Lipinski definition) is 5. The molecule has 0 N–H and O–H groups in total. The fourth-order valence-corrected chi connectivity index (χ4v) is 4.82. The van der Waals surface area contributed by atoms with Crippen molar-refractivity contribution >= 4 is 38.9 Å². The van der Waals surface area contributed by atoms with Crippen LogP contribution in [-0.2, 0) is 14.8 Å². The Bertz CT molecular complexity index is 1070. The van der Waals surface area contributed by atoms with Crippen molar-refractivity contribution < 1.29 is 22.3 Å². The van der Waals surface area contributed by atoms with E-state index in [0.29, 0.717) is 48.3 Å². The smallest absolute Gasteiger partial charge is 0.265 e. The van der Waals surface area contributed by atoms with Crippen LogP contribution in [0.2, 0.25) is 5.02 Å². The lowest BCUT2D eigenvalue weighted by atomic mass is 10.2. The number of amides is 1. The van der Waals surface area contributed by atoms with Gasteiger partial charge in [-0.05, 0) is 30.3 Å². The molecule has 2 aromatic carbocycles. The number of hydrogen-bond donors (Lipinski definition) is 0. The summed E-state index contributed by atoms with van der Waals surface area (Å²) in [5, 5.41) is 0.375. The number of benzene rings is 2. The van der Waals surface area contributed by atoms with E-state index in [0.717, 1.165) is 10.6 Å². The Hall–Kier alpha value is -2.52. The van der Waals surface area contributed by atoms with Crippen LogP contribution in [0.15, 0.2) is 42.5 Å². The van der Waals surface area contributed by atoms with Crippen molar-refractivity contribution in [3.8, 4) is 5.75 Å². The number of anilines is 2. The molecule has 2 aromatic rings. The van der Waals surface area contributed by atoms with Gasteiger partial charge in [-0.2, -0.15) is 0 Å². The first kappa shape index (κ1) is 20.7. The molecule has 7 nitrogen and oxygen atoms in total. The van der Waals surface area contributed by atoms with Crippen molar-refractivity contribution in [1.82, 2.24) is 4.90 Å². The number of piperazine rings is 1. The minimum atomic E-state index is -3.63. The molecule has 1 fully saturated rings. The van der Waals surface area contributed by atoms with Gasteiger partial charge in [0.2, 0.25) is 10.0 Å². The molecule has 0 unspecified atom stereocenters. The Morgan fingerprint density at radius 2 is 1.80 bits per heavy atom. The number of carbonyl (C=O) groups excluding carboxylic acids is 1. The third-order valence-electron chi connectivity index (χ3n) is 5.25. The highest BCUT2D eigenvalue weighted by molar-refractivity contribution is 7.92. The number of para-hydroxylation sites is 1. The summed E-state index contributed by atoms with van der Waals surface area (Å²) in [4.78, 5) is 16.6. The molecule has 1 amide bonds. The summed E-state index contributed by atoms with van der Waals surface area (Å²) < 4.78 is 45.6. The first-order valence-electron chi connectivity index (χ1n) is 9.46. The standard InChI is InChI=1S/C20H21ClFN3O4S/c1-30(27,28)25-13-19(29-18-7-6-14(21)12-17(18)25)20(26)24-10-8-23(9-11-24)16-5-3-2-4-15(16)22/h2-7,12,19H,8-11,13H2,1H3/t19-/m0/s1. The lowest BCUT2D eigenvalue weighted by molar-refractivity contribution is -0.138. The Kier molecular flexibility index (Phi) is 5.50. The minimum Gasteiger partial charge on any atom is -0.476 e. The average molecular weight is 454 g/mol. The highest BCUT2D eigenvalue weighted by atomic mass is 35.5. The van der Waals surface area contributed by atoms with Crippen LogP contribution in [0.3, 0.4) is 0 Å². The second-order valence-electron chi connectivity index (χ2n) is 7.28. The van der Waals surface area contributed by atoms with E-state index >= 15 is 0 Å². The molecule has 1 atom stereocenters. The zero-order valence-corrected chi connectivity index (χ0v) is 17.9. The highest BCUT2D eigenvalue weighted by Crippen LogP contribution is 2.37. The SMILES string of the molecule is CS(=O)(=O)N1C[C@@H](C(=O)N2CCN(c3ccccc3F)CC2)Oc2ccc(Cl)cc21. The van der Waals surface area contributed by atoms with Gasteiger partial charge in [0, 0.05) is 31.2 Å².